The summed E-state index contributed by atoms with van der Waals surface area (Å²) < 4.78 is 28.3. The van der Waals surface area contributed by atoms with Crippen LogP contribution in [0.3, 0.4) is 0 Å². The summed E-state index contributed by atoms with van der Waals surface area (Å²) >= 11 is 0. The number of hydrazine groups is 1. The van der Waals surface area contributed by atoms with Gasteiger partial charge in [0, 0.05) is 24.2 Å². The molecule has 3 aliphatic carbocycles. The average Bonchev–Trinajstić information content (AvgIpc) is 2.83. The number of hydrogen-bond donors (Lipinski definition) is 2. The van der Waals surface area contributed by atoms with Crippen molar-refractivity contribution in [1.29, 1.82) is 0 Å². The molecule has 4 unspecified atom stereocenters. The van der Waals surface area contributed by atoms with Gasteiger partial charge in [0.15, 0.2) is 0 Å². The Bertz CT molecular complexity index is 1230. The van der Waals surface area contributed by atoms with Crippen molar-refractivity contribution in [1.82, 2.24) is 9.82 Å². The number of hydrogen-bond acceptors (Lipinski definition) is 7. The maximum Gasteiger partial charge on any atom is 0.395 e. The Morgan fingerprint density at radius 2 is 2.06 bits per heavy atom. The number of nitrogens with one attached hydrogen (secondary N) is 1. The van der Waals surface area contributed by atoms with Crippen molar-refractivity contribution in [2.24, 2.45) is 29.0 Å². The second kappa shape index (κ2) is 8.55. The molecule has 3 aliphatic rings. The Morgan fingerprint density at radius 3 is 2.79 bits per heavy atom. The van der Waals surface area contributed by atoms with Crippen LogP contribution in [0.5, 0.6) is 5.75 Å². The van der Waals surface area contributed by atoms with Gasteiger partial charge >= 0.3 is 10.3 Å². The second-order valence-corrected chi connectivity index (χ2v) is 11.4. The minimum Gasteiger partial charge on any atom is -0.370 e. The molecule has 1 aromatic heterocycles. The van der Waals surface area contributed by atoms with E-state index < -0.39 is 21.6 Å². The lowest BCUT2D eigenvalue weighted by atomic mass is 9.48. The summed E-state index contributed by atoms with van der Waals surface area (Å²) in [7, 11) is -4.04. The molecule has 2 aromatic rings. The molecule has 8 nitrogen and oxygen atoms in total. The molecule has 0 amide bonds. The number of aromatic nitrogens is 1. The third-order valence-corrected chi connectivity index (χ3v) is 8.99. The molecule has 0 radical (unpaired) electrons. The highest BCUT2D eigenvalue weighted by molar-refractivity contribution is 7.85. The van der Waals surface area contributed by atoms with Crippen molar-refractivity contribution >= 4 is 21.9 Å². The molecule has 3 N–H and O–H groups in total. The van der Waals surface area contributed by atoms with Gasteiger partial charge in [-0.15, -0.1) is 4.83 Å². The van der Waals surface area contributed by atoms with Gasteiger partial charge in [-0.1, -0.05) is 19.1 Å². The molecule has 34 heavy (non-hydrogen) atoms. The molecular weight excluding hydrogens is 454 g/mol. The predicted molar refractivity (Wildman–Crippen MR) is 125 cm³/mol. The second-order valence-electron chi connectivity index (χ2n) is 10.0. The van der Waals surface area contributed by atoms with Gasteiger partial charge in [0.05, 0.1) is 5.92 Å². The summed E-state index contributed by atoms with van der Waals surface area (Å²) in [5, 5.41) is 0. The maximum absolute atomic E-state index is 13.7. The SMILES string of the molecule is C[C@]12CCC3c4ccc(OS(=O)(=O)NN)cc4CCC3C1CC(=O)C(Cc1cccnc1)C2=O. The first kappa shape index (κ1) is 23.1. The lowest BCUT2D eigenvalue weighted by Crippen LogP contribution is -2.55. The molecule has 0 bridgehead atoms. The highest BCUT2D eigenvalue weighted by Gasteiger charge is 2.57. The number of carbonyl (C=O) groups is 2. The molecule has 0 aliphatic heterocycles. The van der Waals surface area contributed by atoms with Crippen LogP contribution in [0.4, 0.5) is 0 Å². The molecule has 5 atom stereocenters. The zero-order chi connectivity index (χ0) is 24.1. The van der Waals surface area contributed by atoms with Crippen molar-refractivity contribution < 1.29 is 22.2 Å². The number of nitrogens with two attached hydrogens (primary N) is 1. The average molecular weight is 484 g/mol. The first-order chi connectivity index (χ1) is 16.2. The molecule has 1 aromatic carbocycles. The van der Waals surface area contributed by atoms with E-state index in [-0.39, 0.29) is 35.1 Å². The Balaban J connectivity index is 1.39. The van der Waals surface area contributed by atoms with Crippen LogP contribution in [0.2, 0.25) is 0 Å². The third-order valence-electron chi connectivity index (χ3n) is 8.29. The van der Waals surface area contributed by atoms with E-state index in [4.69, 9.17) is 10.0 Å². The van der Waals surface area contributed by atoms with Crippen LogP contribution in [0, 0.1) is 23.2 Å². The molecule has 0 spiro atoms. The number of benzene rings is 1. The number of nitrogens with zero attached hydrogens (tertiary/aromatic N) is 1. The molecule has 180 valence electrons. The van der Waals surface area contributed by atoms with Crippen LogP contribution < -0.4 is 14.9 Å². The standard InChI is InChI=1S/C25H29N3O5S/c1-25-9-8-19-18-7-5-17(33-34(31,32)28-26)12-16(18)4-6-20(19)22(25)13-23(29)21(24(25)30)11-15-3-2-10-27-14-15/h2-3,5,7,10,12,14,19-22,28H,4,6,8-9,11,13,26H2,1H3/t19?,20?,21?,22?,25-/m0/s1. The van der Waals surface area contributed by atoms with E-state index in [1.165, 1.54) is 5.56 Å². The summed E-state index contributed by atoms with van der Waals surface area (Å²) in [6.07, 6.45) is 7.51. The first-order valence-electron chi connectivity index (χ1n) is 11.7. The topological polar surface area (TPSA) is 128 Å². The Morgan fingerprint density at radius 1 is 1.24 bits per heavy atom. The number of pyridine rings is 1. The zero-order valence-corrected chi connectivity index (χ0v) is 19.9. The molecule has 9 heteroatoms. The van der Waals surface area contributed by atoms with Crippen molar-refractivity contribution in [2.75, 3.05) is 0 Å². The van der Waals surface area contributed by atoms with Crippen LogP contribution in [0.25, 0.3) is 0 Å². The molecular formula is C25H29N3O5S. The first-order valence-corrected chi connectivity index (χ1v) is 13.1. The van der Waals surface area contributed by atoms with Crippen LogP contribution in [-0.4, -0.2) is 25.0 Å². The predicted octanol–water partition coefficient (Wildman–Crippen LogP) is 2.63. The van der Waals surface area contributed by atoms with Crippen molar-refractivity contribution in [3.8, 4) is 5.75 Å². The highest BCUT2D eigenvalue weighted by Crippen LogP contribution is 2.59. The summed E-state index contributed by atoms with van der Waals surface area (Å²) in [5.41, 5.74) is 2.64. The fourth-order valence-electron chi connectivity index (χ4n) is 6.63. The van der Waals surface area contributed by atoms with Crippen LogP contribution in [0.1, 0.15) is 55.2 Å². The van der Waals surface area contributed by atoms with Gasteiger partial charge in [-0.25, -0.2) is 0 Å². The Hall–Kier alpha value is -2.62. The van der Waals surface area contributed by atoms with E-state index in [1.807, 2.05) is 18.2 Å². The van der Waals surface area contributed by atoms with E-state index in [9.17, 15) is 18.0 Å². The Kier molecular flexibility index (Phi) is 5.82. The van der Waals surface area contributed by atoms with Gasteiger partial charge in [0.2, 0.25) is 0 Å². The minimum absolute atomic E-state index is 0.0299. The van der Waals surface area contributed by atoms with Crippen molar-refractivity contribution in [3.05, 3.63) is 59.4 Å². The molecule has 0 saturated heterocycles. The molecule has 1 heterocycles. The summed E-state index contributed by atoms with van der Waals surface area (Å²) in [6, 6.07) is 9.08. The summed E-state index contributed by atoms with van der Waals surface area (Å²) in [6.45, 7) is 2.07. The number of aryl methyl sites for hydroxylation is 1. The highest BCUT2D eigenvalue weighted by atomic mass is 32.2. The molecule has 5 rings (SSSR count). The zero-order valence-electron chi connectivity index (χ0n) is 19.1. The van der Waals surface area contributed by atoms with E-state index in [2.05, 4.69) is 11.9 Å². The van der Waals surface area contributed by atoms with Gasteiger partial charge in [0.25, 0.3) is 0 Å². The van der Waals surface area contributed by atoms with Gasteiger partial charge in [0.1, 0.15) is 17.3 Å². The van der Waals surface area contributed by atoms with Gasteiger partial charge in [-0.05, 0) is 84.7 Å². The third kappa shape index (κ3) is 3.95. The lowest BCUT2D eigenvalue weighted by Gasteiger charge is -2.54. The lowest BCUT2D eigenvalue weighted by molar-refractivity contribution is -0.153. The quantitative estimate of drug-likeness (QED) is 0.380. The smallest absolute Gasteiger partial charge is 0.370 e. The van der Waals surface area contributed by atoms with Crippen molar-refractivity contribution in [3.63, 3.8) is 0 Å². The number of rotatable bonds is 5. The normalized spacial score (nSPS) is 30.8. The number of ketones is 2. The number of fused-ring (bicyclic) bond motifs is 5. The van der Waals surface area contributed by atoms with Crippen LogP contribution >= 0.6 is 0 Å². The summed E-state index contributed by atoms with van der Waals surface area (Å²) in [5.74, 6) is 5.30. The summed E-state index contributed by atoms with van der Waals surface area (Å²) in [4.78, 5) is 32.7. The van der Waals surface area contributed by atoms with E-state index in [0.29, 0.717) is 12.8 Å². The maximum atomic E-state index is 13.7. The van der Waals surface area contributed by atoms with Gasteiger partial charge in [-0.2, -0.15) is 8.42 Å². The molecule has 2 fully saturated rings. The van der Waals surface area contributed by atoms with Crippen LogP contribution in [-0.2, 0) is 32.7 Å². The van der Waals surface area contributed by atoms with Gasteiger partial charge in [-0.3, -0.25) is 20.4 Å². The fraction of sp³-hybridized carbons (Fsp3) is 0.480. The monoisotopic (exact) mass is 483 g/mol. The largest absolute Gasteiger partial charge is 0.395 e. The Labute approximate surface area is 199 Å². The van der Waals surface area contributed by atoms with E-state index in [0.717, 1.165) is 36.8 Å². The van der Waals surface area contributed by atoms with E-state index >= 15 is 0 Å². The fourth-order valence-corrected chi connectivity index (χ4v) is 7.03. The van der Waals surface area contributed by atoms with Crippen molar-refractivity contribution in [2.45, 2.75) is 51.4 Å². The minimum atomic E-state index is -4.04. The van der Waals surface area contributed by atoms with E-state index in [1.54, 1.807) is 29.4 Å². The van der Waals surface area contributed by atoms with Gasteiger partial charge < -0.3 is 4.18 Å². The molecule has 2 saturated carbocycles. The number of Topliss-reactive ketones (excluding diaryl/α,β-unsaturated/α-hetero) is 2. The van der Waals surface area contributed by atoms with Crippen LogP contribution in [0.15, 0.2) is 42.7 Å². The number of carbonyl (C=O) groups excluding carboxylic acids is 2.